The highest BCUT2D eigenvalue weighted by molar-refractivity contribution is 5.81. The van der Waals surface area contributed by atoms with Gasteiger partial charge in [0.05, 0.1) is 5.52 Å². The quantitative estimate of drug-likeness (QED) is 0.874. The molecule has 0 saturated heterocycles. The molecule has 94 valence electrons. The fourth-order valence-corrected chi connectivity index (χ4v) is 3.28. The summed E-state index contributed by atoms with van der Waals surface area (Å²) < 4.78 is 0. The highest BCUT2D eigenvalue weighted by Gasteiger charge is 2.33. The number of fused-ring (bicyclic) bond motifs is 1. The average Bonchev–Trinajstić information content (AvgIpc) is 2.70. The van der Waals surface area contributed by atoms with Crippen LogP contribution >= 0.6 is 0 Å². The number of rotatable bonds is 2. The van der Waals surface area contributed by atoms with Gasteiger partial charge in [0.2, 0.25) is 0 Å². The Morgan fingerprint density at radius 2 is 2.17 bits per heavy atom. The number of nitrogens with two attached hydrogens (primary N) is 1. The molecule has 0 radical (unpaired) electrons. The van der Waals surface area contributed by atoms with Gasteiger partial charge in [0.1, 0.15) is 0 Å². The van der Waals surface area contributed by atoms with E-state index in [2.05, 4.69) is 36.2 Å². The molecule has 2 unspecified atom stereocenters. The molecule has 0 spiro atoms. The van der Waals surface area contributed by atoms with Crippen molar-refractivity contribution < 1.29 is 0 Å². The van der Waals surface area contributed by atoms with E-state index < -0.39 is 0 Å². The summed E-state index contributed by atoms with van der Waals surface area (Å²) in [5.41, 5.74) is 8.96. The first-order chi connectivity index (χ1) is 8.66. The minimum Gasteiger partial charge on any atom is -0.325 e. The summed E-state index contributed by atoms with van der Waals surface area (Å²) in [6.45, 7) is 2.30. The lowest BCUT2D eigenvalue weighted by Crippen LogP contribution is -2.39. The van der Waals surface area contributed by atoms with Gasteiger partial charge in [-0.1, -0.05) is 25.1 Å². The van der Waals surface area contributed by atoms with Crippen molar-refractivity contribution in [2.45, 2.75) is 38.1 Å². The smallest absolute Gasteiger partial charge is 0.0704 e. The van der Waals surface area contributed by atoms with E-state index in [-0.39, 0.29) is 5.54 Å². The van der Waals surface area contributed by atoms with E-state index in [9.17, 15) is 0 Å². The van der Waals surface area contributed by atoms with Crippen LogP contribution < -0.4 is 5.73 Å². The maximum Gasteiger partial charge on any atom is 0.0704 e. The van der Waals surface area contributed by atoms with Crippen LogP contribution in [0.15, 0.2) is 36.5 Å². The van der Waals surface area contributed by atoms with Gasteiger partial charge in [0.25, 0.3) is 0 Å². The molecule has 1 heterocycles. The van der Waals surface area contributed by atoms with Gasteiger partial charge in [-0.2, -0.15) is 0 Å². The first-order valence-electron chi connectivity index (χ1n) is 6.78. The molecule has 0 aliphatic heterocycles. The van der Waals surface area contributed by atoms with Gasteiger partial charge in [-0.3, -0.25) is 4.98 Å². The van der Waals surface area contributed by atoms with Crippen molar-refractivity contribution in [2.24, 2.45) is 11.7 Å². The van der Waals surface area contributed by atoms with Crippen LogP contribution in [0.3, 0.4) is 0 Å². The van der Waals surface area contributed by atoms with Crippen molar-refractivity contribution in [3.63, 3.8) is 0 Å². The zero-order chi connectivity index (χ0) is 12.6. The molecule has 2 atom stereocenters. The Morgan fingerprint density at radius 1 is 1.33 bits per heavy atom. The van der Waals surface area contributed by atoms with E-state index >= 15 is 0 Å². The maximum atomic E-state index is 6.55. The van der Waals surface area contributed by atoms with Gasteiger partial charge in [-0.25, -0.2) is 0 Å². The molecule has 1 fully saturated rings. The Labute approximate surface area is 108 Å². The molecule has 18 heavy (non-hydrogen) atoms. The summed E-state index contributed by atoms with van der Waals surface area (Å²) in [7, 11) is 0. The Kier molecular flexibility index (Phi) is 2.83. The molecule has 1 aromatic heterocycles. The molecular formula is C16H20N2. The zero-order valence-corrected chi connectivity index (χ0v) is 10.9. The number of pyridine rings is 1. The molecule has 1 aliphatic rings. The topological polar surface area (TPSA) is 38.9 Å². The highest BCUT2D eigenvalue weighted by atomic mass is 14.8. The minimum absolute atomic E-state index is 0.0104. The maximum absolute atomic E-state index is 6.55. The number of aromatic nitrogens is 1. The van der Waals surface area contributed by atoms with Crippen molar-refractivity contribution >= 4 is 10.9 Å². The van der Waals surface area contributed by atoms with Crippen LogP contribution in [0.4, 0.5) is 0 Å². The summed E-state index contributed by atoms with van der Waals surface area (Å²) in [6.07, 6.45) is 6.42. The van der Waals surface area contributed by atoms with Gasteiger partial charge >= 0.3 is 0 Å². The Balaban J connectivity index is 1.95. The van der Waals surface area contributed by atoms with Crippen molar-refractivity contribution in [3.05, 3.63) is 42.1 Å². The summed E-state index contributed by atoms with van der Waals surface area (Å²) in [6, 6.07) is 10.5. The van der Waals surface area contributed by atoms with Crippen molar-refractivity contribution in [1.29, 1.82) is 0 Å². The van der Waals surface area contributed by atoms with Crippen molar-refractivity contribution in [2.75, 3.05) is 0 Å². The Morgan fingerprint density at radius 3 is 2.94 bits per heavy atom. The largest absolute Gasteiger partial charge is 0.325 e. The monoisotopic (exact) mass is 240 g/mol. The summed E-state index contributed by atoms with van der Waals surface area (Å²) in [5, 5.41) is 1.25. The Bertz CT molecular complexity index is 559. The molecule has 0 amide bonds. The Hall–Kier alpha value is -1.41. The second-order valence-corrected chi connectivity index (χ2v) is 5.87. The normalized spacial score (nSPS) is 27.8. The van der Waals surface area contributed by atoms with Gasteiger partial charge in [-0.15, -0.1) is 0 Å². The lowest BCUT2D eigenvalue weighted by Gasteiger charge is -2.24. The van der Waals surface area contributed by atoms with Crippen LogP contribution in [0.2, 0.25) is 0 Å². The third-order valence-electron chi connectivity index (χ3n) is 4.17. The standard InChI is InChI=1S/C16H20N2/c1-12-6-8-16(17,10-12)11-13-7-9-18-15-5-3-2-4-14(13)15/h2-5,7,9,12H,6,8,10-11,17H2,1H3. The number of nitrogens with zero attached hydrogens (tertiary/aromatic N) is 1. The lowest BCUT2D eigenvalue weighted by atomic mass is 9.88. The molecule has 2 aromatic rings. The van der Waals surface area contributed by atoms with Gasteiger partial charge in [-0.05, 0) is 49.3 Å². The van der Waals surface area contributed by atoms with E-state index in [1.165, 1.54) is 17.4 Å². The number of hydrogen-bond acceptors (Lipinski definition) is 2. The van der Waals surface area contributed by atoms with E-state index in [0.717, 1.165) is 30.7 Å². The number of hydrogen-bond donors (Lipinski definition) is 1. The molecule has 2 N–H and O–H groups in total. The highest BCUT2D eigenvalue weighted by Crippen LogP contribution is 2.35. The SMILES string of the molecule is CC1CCC(N)(Cc2ccnc3ccccc23)C1. The molecule has 1 aromatic carbocycles. The molecule has 1 aliphatic carbocycles. The van der Waals surface area contributed by atoms with Gasteiger partial charge in [0, 0.05) is 17.1 Å². The van der Waals surface area contributed by atoms with Crippen molar-refractivity contribution in [3.8, 4) is 0 Å². The third kappa shape index (κ3) is 2.13. The first-order valence-corrected chi connectivity index (χ1v) is 6.78. The van der Waals surface area contributed by atoms with E-state index in [0.29, 0.717) is 0 Å². The van der Waals surface area contributed by atoms with Crippen molar-refractivity contribution in [1.82, 2.24) is 4.98 Å². The zero-order valence-electron chi connectivity index (χ0n) is 10.9. The van der Waals surface area contributed by atoms with E-state index in [4.69, 9.17) is 5.73 Å². The molecule has 1 saturated carbocycles. The first kappa shape index (κ1) is 11.7. The number of benzene rings is 1. The second-order valence-electron chi connectivity index (χ2n) is 5.87. The fraction of sp³-hybridized carbons (Fsp3) is 0.438. The van der Waals surface area contributed by atoms with Crippen LogP contribution in [0.1, 0.15) is 31.7 Å². The molecule has 2 nitrogen and oxygen atoms in total. The summed E-state index contributed by atoms with van der Waals surface area (Å²) in [4.78, 5) is 4.41. The van der Waals surface area contributed by atoms with Gasteiger partial charge < -0.3 is 5.73 Å². The predicted molar refractivity (Wildman–Crippen MR) is 75.4 cm³/mol. The lowest BCUT2D eigenvalue weighted by molar-refractivity contribution is 0.420. The molecule has 2 heteroatoms. The second kappa shape index (κ2) is 4.36. The van der Waals surface area contributed by atoms with Crippen LogP contribution in [0, 0.1) is 5.92 Å². The molecular weight excluding hydrogens is 220 g/mol. The summed E-state index contributed by atoms with van der Waals surface area (Å²) in [5.74, 6) is 0.767. The van der Waals surface area contributed by atoms with Gasteiger partial charge in [0.15, 0.2) is 0 Å². The fourth-order valence-electron chi connectivity index (χ4n) is 3.28. The third-order valence-corrected chi connectivity index (χ3v) is 4.17. The summed E-state index contributed by atoms with van der Waals surface area (Å²) >= 11 is 0. The van der Waals surface area contributed by atoms with Crippen LogP contribution in [-0.4, -0.2) is 10.5 Å². The molecule has 0 bridgehead atoms. The minimum atomic E-state index is -0.0104. The predicted octanol–water partition coefficient (Wildman–Crippen LogP) is 3.29. The molecule has 3 rings (SSSR count). The number of para-hydroxylation sites is 1. The average molecular weight is 240 g/mol. The van der Waals surface area contributed by atoms with Crippen LogP contribution in [0.25, 0.3) is 10.9 Å². The van der Waals surface area contributed by atoms with E-state index in [1.54, 1.807) is 0 Å². The van der Waals surface area contributed by atoms with E-state index in [1.807, 2.05) is 12.3 Å². The van der Waals surface area contributed by atoms with Crippen LogP contribution in [-0.2, 0) is 6.42 Å². The van der Waals surface area contributed by atoms with Crippen LogP contribution in [0.5, 0.6) is 0 Å².